The largest absolute Gasteiger partial charge is 0.441 e. The molecular weight excluding hydrogens is 394 g/mol. The number of pyridine rings is 1. The van der Waals surface area contributed by atoms with Crippen LogP contribution in [0.2, 0.25) is 0 Å². The number of nitrogens with zero attached hydrogens (tertiary/aromatic N) is 2. The number of fused-ring (bicyclic) bond motifs is 1. The molecule has 1 aliphatic rings. The Morgan fingerprint density at radius 1 is 1.41 bits per heavy atom. The molecule has 1 fully saturated rings. The van der Waals surface area contributed by atoms with Gasteiger partial charge in [-0.15, -0.1) is 11.3 Å². The van der Waals surface area contributed by atoms with E-state index in [0.29, 0.717) is 26.3 Å². The van der Waals surface area contributed by atoms with Gasteiger partial charge in [-0.05, 0) is 26.0 Å². The number of rotatable bonds is 7. The molecule has 1 aliphatic heterocycles. The van der Waals surface area contributed by atoms with E-state index in [1.54, 1.807) is 26.2 Å². The Balaban J connectivity index is 1.40. The number of aliphatic hydroxyl groups is 1. The second-order valence-corrected chi connectivity index (χ2v) is 8.34. The Hall–Kier alpha value is -2.69. The molecule has 29 heavy (non-hydrogen) atoms. The number of ether oxygens (including phenoxy) is 2. The number of anilines is 1. The van der Waals surface area contributed by atoms with Crippen LogP contribution in [0.5, 0.6) is 0 Å². The van der Waals surface area contributed by atoms with Crippen LogP contribution in [-0.2, 0) is 15.1 Å². The number of carbonyl (C=O) groups is 1. The van der Waals surface area contributed by atoms with Crippen LogP contribution in [-0.4, -0.2) is 58.6 Å². The lowest BCUT2D eigenvalue weighted by molar-refractivity contribution is -0.0978. The van der Waals surface area contributed by atoms with Crippen LogP contribution in [0.15, 0.2) is 24.5 Å². The highest BCUT2D eigenvalue weighted by Gasteiger charge is 2.22. The number of H-pyrrole nitrogens is 1. The van der Waals surface area contributed by atoms with Crippen LogP contribution in [0, 0.1) is 0 Å². The SMILES string of the molecule is CC(C)(O)c1cnc(-c2cc3c(NCCNC(=O)OC4COC4)ccnc3[nH]2)s1. The molecule has 1 amide bonds. The monoisotopic (exact) mass is 417 g/mol. The number of nitrogens with one attached hydrogen (secondary N) is 3. The summed E-state index contributed by atoms with van der Waals surface area (Å²) in [5.41, 5.74) is 1.56. The van der Waals surface area contributed by atoms with E-state index in [2.05, 4.69) is 25.6 Å². The van der Waals surface area contributed by atoms with Gasteiger partial charge in [-0.25, -0.2) is 14.8 Å². The van der Waals surface area contributed by atoms with Gasteiger partial charge in [0.25, 0.3) is 0 Å². The summed E-state index contributed by atoms with van der Waals surface area (Å²) < 4.78 is 10.1. The maximum Gasteiger partial charge on any atom is 0.407 e. The lowest BCUT2D eigenvalue weighted by Gasteiger charge is -2.25. The Labute approximate surface area is 171 Å². The van der Waals surface area contributed by atoms with Crippen molar-refractivity contribution < 1.29 is 19.4 Å². The minimum absolute atomic E-state index is 0.135. The standard InChI is InChI=1S/C19H23N5O4S/c1-19(2,26)15-8-23-17(29-15)14-7-12-13(3-4-21-16(12)24-14)20-5-6-22-18(25)28-11-9-27-10-11/h3-4,7-8,11,26H,5-6,9-10H2,1-2H3,(H,22,25)(H2,20,21,24). The Bertz CT molecular complexity index is 1010. The van der Waals surface area contributed by atoms with E-state index in [-0.39, 0.29) is 6.10 Å². The van der Waals surface area contributed by atoms with E-state index in [1.807, 2.05) is 12.1 Å². The van der Waals surface area contributed by atoms with Crippen LogP contribution in [0.4, 0.5) is 10.5 Å². The third-order valence-corrected chi connectivity index (χ3v) is 5.81. The molecule has 154 valence electrons. The zero-order chi connectivity index (χ0) is 20.4. The Morgan fingerprint density at radius 2 is 2.24 bits per heavy atom. The molecule has 4 N–H and O–H groups in total. The number of hydrogen-bond donors (Lipinski definition) is 4. The number of amides is 1. The second-order valence-electron chi connectivity index (χ2n) is 7.31. The molecule has 0 saturated carbocycles. The summed E-state index contributed by atoms with van der Waals surface area (Å²) >= 11 is 1.44. The van der Waals surface area contributed by atoms with Crippen molar-refractivity contribution in [3.8, 4) is 10.7 Å². The van der Waals surface area contributed by atoms with Crippen molar-refractivity contribution in [2.75, 3.05) is 31.6 Å². The van der Waals surface area contributed by atoms with Gasteiger partial charge in [-0.1, -0.05) is 0 Å². The molecule has 0 aliphatic carbocycles. The third kappa shape index (κ3) is 4.50. The number of alkyl carbamates (subject to hydrolysis) is 1. The molecule has 0 atom stereocenters. The number of thiazole rings is 1. The van der Waals surface area contributed by atoms with E-state index in [4.69, 9.17) is 9.47 Å². The molecule has 10 heteroatoms. The summed E-state index contributed by atoms with van der Waals surface area (Å²) in [6, 6.07) is 3.87. The maximum absolute atomic E-state index is 11.6. The van der Waals surface area contributed by atoms with Gasteiger partial charge in [0.15, 0.2) is 6.10 Å². The van der Waals surface area contributed by atoms with Crippen LogP contribution in [0.25, 0.3) is 21.7 Å². The molecule has 0 radical (unpaired) electrons. The van der Waals surface area contributed by atoms with E-state index < -0.39 is 11.7 Å². The topological polar surface area (TPSA) is 121 Å². The van der Waals surface area contributed by atoms with E-state index in [0.717, 1.165) is 32.3 Å². The zero-order valence-electron chi connectivity index (χ0n) is 16.2. The van der Waals surface area contributed by atoms with Gasteiger partial charge >= 0.3 is 6.09 Å². The average molecular weight is 417 g/mol. The number of aromatic nitrogens is 3. The summed E-state index contributed by atoms with van der Waals surface area (Å²) in [6.07, 6.45) is 2.84. The molecule has 3 aromatic rings. The molecule has 4 heterocycles. The van der Waals surface area contributed by atoms with Crippen LogP contribution >= 0.6 is 11.3 Å². The lowest BCUT2D eigenvalue weighted by atomic mass is 10.1. The van der Waals surface area contributed by atoms with Crippen LogP contribution in [0.1, 0.15) is 18.7 Å². The van der Waals surface area contributed by atoms with Gasteiger partial charge in [0.2, 0.25) is 0 Å². The molecule has 0 spiro atoms. The fourth-order valence-electron chi connectivity index (χ4n) is 2.81. The summed E-state index contributed by atoms with van der Waals surface area (Å²) in [5.74, 6) is 0. The number of hydrogen-bond acceptors (Lipinski definition) is 8. The van der Waals surface area contributed by atoms with Crippen molar-refractivity contribution in [3.05, 3.63) is 29.4 Å². The highest BCUT2D eigenvalue weighted by Crippen LogP contribution is 2.33. The number of aromatic amines is 1. The molecule has 1 saturated heterocycles. The summed E-state index contributed by atoms with van der Waals surface area (Å²) in [4.78, 5) is 24.5. The predicted molar refractivity (Wildman–Crippen MR) is 110 cm³/mol. The highest BCUT2D eigenvalue weighted by molar-refractivity contribution is 7.15. The first-order chi connectivity index (χ1) is 13.9. The zero-order valence-corrected chi connectivity index (χ0v) is 17.0. The molecule has 3 aromatic heterocycles. The molecule has 0 unspecified atom stereocenters. The smallest absolute Gasteiger partial charge is 0.407 e. The number of carbonyl (C=O) groups excluding carboxylic acids is 1. The fourth-order valence-corrected chi connectivity index (χ4v) is 3.70. The minimum atomic E-state index is -0.924. The Morgan fingerprint density at radius 3 is 2.93 bits per heavy atom. The first-order valence-corrected chi connectivity index (χ1v) is 10.1. The molecule has 0 aromatic carbocycles. The van der Waals surface area contributed by atoms with Gasteiger partial charge in [0.1, 0.15) is 10.7 Å². The second kappa shape index (κ2) is 7.97. The van der Waals surface area contributed by atoms with Crippen molar-refractivity contribution in [3.63, 3.8) is 0 Å². The normalized spacial score (nSPS) is 14.6. The van der Waals surface area contributed by atoms with Crippen molar-refractivity contribution in [2.45, 2.75) is 25.6 Å². The molecule has 4 rings (SSSR count). The molecular formula is C19H23N5O4S. The summed E-state index contributed by atoms with van der Waals surface area (Å²) in [5, 5.41) is 17.9. The van der Waals surface area contributed by atoms with Gasteiger partial charge in [-0.3, -0.25) is 0 Å². The van der Waals surface area contributed by atoms with Crippen LogP contribution < -0.4 is 10.6 Å². The van der Waals surface area contributed by atoms with Gasteiger partial charge < -0.3 is 30.2 Å². The van der Waals surface area contributed by atoms with E-state index in [9.17, 15) is 9.90 Å². The van der Waals surface area contributed by atoms with Crippen molar-refractivity contribution in [1.82, 2.24) is 20.3 Å². The fraction of sp³-hybridized carbons (Fsp3) is 0.421. The first kappa shape index (κ1) is 19.6. The first-order valence-electron chi connectivity index (χ1n) is 9.33. The van der Waals surface area contributed by atoms with Crippen molar-refractivity contribution in [1.29, 1.82) is 0 Å². The van der Waals surface area contributed by atoms with Gasteiger partial charge in [0, 0.05) is 36.6 Å². The quantitative estimate of drug-likeness (QED) is 0.436. The van der Waals surface area contributed by atoms with Gasteiger partial charge in [0.05, 0.1) is 29.4 Å². The summed E-state index contributed by atoms with van der Waals surface area (Å²) in [6.45, 7) is 5.37. The average Bonchev–Trinajstić information content (AvgIpc) is 3.28. The predicted octanol–water partition coefficient (Wildman–Crippen LogP) is 2.45. The lowest BCUT2D eigenvalue weighted by Crippen LogP contribution is -2.41. The third-order valence-electron chi connectivity index (χ3n) is 4.46. The summed E-state index contributed by atoms with van der Waals surface area (Å²) in [7, 11) is 0. The Kier molecular flexibility index (Phi) is 5.39. The molecule has 9 nitrogen and oxygen atoms in total. The van der Waals surface area contributed by atoms with Crippen molar-refractivity contribution in [2.24, 2.45) is 0 Å². The van der Waals surface area contributed by atoms with Gasteiger partial charge in [-0.2, -0.15) is 0 Å². The van der Waals surface area contributed by atoms with Crippen LogP contribution in [0.3, 0.4) is 0 Å². The van der Waals surface area contributed by atoms with E-state index >= 15 is 0 Å². The van der Waals surface area contributed by atoms with E-state index in [1.165, 1.54) is 11.3 Å². The minimum Gasteiger partial charge on any atom is -0.441 e. The molecule has 0 bridgehead atoms. The highest BCUT2D eigenvalue weighted by atomic mass is 32.1. The van der Waals surface area contributed by atoms with Crippen molar-refractivity contribution >= 4 is 34.2 Å². The maximum atomic E-state index is 11.6.